The summed E-state index contributed by atoms with van der Waals surface area (Å²) in [4.78, 5) is 8.36. The number of hydrogen-bond donors (Lipinski definition) is 1. The van der Waals surface area contributed by atoms with Crippen molar-refractivity contribution in [1.82, 2.24) is 0 Å². The first-order chi connectivity index (χ1) is 1.73. The minimum absolute atomic E-state index is 0. The summed E-state index contributed by atoms with van der Waals surface area (Å²) >= 11 is 0. The second kappa shape index (κ2) is 16.4. The average Bonchev–Trinajstić information content (AvgIpc) is 0.811. The third-order valence-electron chi connectivity index (χ3n) is 0. The van der Waals surface area contributed by atoms with Crippen LogP contribution in [0.5, 0.6) is 0 Å². The van der Waals surface area contributed by atoms with E-state index in [4.69, 9.17) is 15.3 Å². The van der Waals surface area contributed by atoms with Crippen LogP contribution in [0.2, 0.25) is 0 Å². The van der Waals surface area contributed by atoms with Crippen molar-refractivity contribution in [3.63, 3.8) is 0 Å². The van der Waals surface area contributed by atoms with Gasteiger partial charge in [-0.3, -0.25) is 0 Å². The van der Waals surface area contributed by atoms with Gasteiger partial charge in [0.15, 0.2) is 0 Å². The molecule has 0 spiro atoms. The number of nitrogens with zero attached hydrogens (tertiary/aromatic N) is 1. The van der Waals surface area contributed by atoms with E-state index in [0.717, 1.165) is 0 Å². The minimum atomic E-state index is -1.50. The molecule has 7 heavy (non-hydrogen) atoms. The summed E-state index contributed by atoms with van der Waals surface area (Å²) in [6.45, 7) is 0. The summed E-state index contributed by atoms with van der Waals surface area (Å²) in [7, 11) is 0. The van der Waals surface area contributed by atoms with Crippen LogP contribution in [0.1, 0.15) is 0 Å². The van der Waals surface area contributed by atoms with Crippen molar-refractivity contribution in [3.05, 3.63) is 10.1 Å². The summed E-state index contributed by atoms with van der Waals surface area (Å²) < 4.78 is 0. The fraction of sp³-hybridized carbons (Fsp3) is 0. The number of rotatable bonds is 0. The maximum atomic E-state index is 8.36. The van der Waals surface area contributed by atoms with Crippen molar-refractivity contribution in [2.24, 2.45) is 0 Å². The molecule has 0 aliphatic carbocycles. The van der Waals surface area contributed by atoms with Gasteiger partial charge in [-0.25, -0.2) is 0 Å². The van der Waals surface area contributed by atoms with Crippen molar-refractivity contribution in [2.75, 3.05) is 0 Å². The van der Waals surface area contributed by atoms with Gasteiger partial charge < -0.3 is 16.2 Å². The molecule has 0 heterocycles. The molecule has 0 rings (SSSR count). The molecule has 0 radical (unpaired) electrons. The van der Waals surface area contributed by atoms with Gasteiger partial charge in [-0.15, -0.1) is 10.1 Å². The Bertz CT molecular complexity index is 31.1. The van der Waals surface area contributed by atoms with Gasteiger partial charge in [-0.05, 0) is 0 Å². The van der Waals surface area contributed by atoms with E-state index in [-0.39, 0.29) is 42.1 Å². The van der Waals surface area contributed by atoms with Gasteiger partial charge in [0.25, 0.3) is 5.09 Å². The van der Waals surface area contributed by atoms with Crippen LogP contribution in [-0.4, -0.2) is 21.2 Å². The van der Waals surface area contributed by atoms with E-state index in [1.165, 1.54) is 0 Å². The second-order valence-corrected chi connectivity index (χ2v) is 0.238. The molecule has 0 fully saturated rings. The standard InChI is InChI=1S/HNO3.2H2O.U/c2-1(3)4;;;/h(H,2,3,4);2*1H2;. The molecule has 0 aliphatic rings. The second-order valence-electron chi connectivity index (χ2n) is 0.238. The molecular formula is H5NO5U. The Morgan fingerprint density at radius 1 is 1.43 bits per heavy atom. The van der Waals surface area contributed by atoms with E-state index < -0.39 is 5.09 Å². The Labute approximate surface area is 62.6 Å². The Morgan fingerprint density at radius 3 is 1.43 bits per heavy atom. The van der Waals surface area contributed by atoms with Gasteiger partial charge in [-0.1, -0.05) is 0 Å². The molecule has 44 valence electrons. The third kappa shape index (κ3) is 3630. The van der Waals surface area contributed by atoms with Crippen molar-refractivity contribution in [3.8, 4) is 0 Å². The fourth-order valence-corrected chi connectivity index (χ4v) is 0. The monoisotopic (exact) mass is 337 g/mol. The van der Waals surface area contributed by atoms with Crippen LogP contribution in [-0.2, 0) is 0 Å². The molecule has 0 atom stereocenters. The van der Waals surface area contributed by atoms with Crippen molar-refractivity contribution in [2.45, 2.75) is 0 Å². The first-order valence-corrected chi connectivity index (χ1v) is 0.565. The zero-order valence-corrected chi connectivity index (χ0v) is 7.37. The smallest absolute Gasteiger partial charge is 0.291 e. The quantitative estimate of drug-likeness (QED) is 0.406. The summed E-state index contributed by atoms with van der Waals surface area (Å²) in [5.41, 5.74) is 0. The minimum Gasteiger partial charge on any atom is -0.412 e. The van der Waals surface area contributed by atoms with E-state index in [9.17, 15) is 0 Å². The normalized spacial score (nSPS) is 3.43. The molecule has 0 bridgehead atoms. The molecule has 0 amide bonds. The topological polar surface area (TPSA) is 126 Å². The molecule has 0 saturated carbocycles. The Balaban J connectivity index is -0.0000000150. The van der Waals surface area contributed by atoms with Crippen LogP contribution in [0, 0.1) is 41.2 Å². The Morgan fingerprint density at radius 2 is 1.43 bits per heavy atom. The van der Waals surface area contributed by atoms with Crippen LogP contribution in [0.25, 0.3) is 0 Å². The summed E-state index contributed by atoms with van der Waals surface area (Å²) in [6, 6.07) is 0. The maximum absolute atomic E-state index is 8.36. The summed E-state index contributed by atoms with van der Waals surface area (Å²) in [5, 5.41) is 13.6. The molecule has 0 aromatic heterocycles. The third-order valence-corrected chi connectivity index (χ3v) is 0. The van der Waals surface area contributed by atoms with Crippen LogP contribution in [0.3, 0.4) is 0 Å². The predicted molar refractivity (Wildman–Crippen MR) is 16.0 cm³/mol. The summed E-state index contributed by atoms with van der Waals surface area (Å²) in [5.74, 6) is 0. The van der Waals surface area contributed by atoms with E-state index in [1.807, 2.05) is 0 Å². The van der Waals surface area contributed by atoms with Crippen molar-refractivity contribution >= 4 is 0 Å². The van der Waals surface area contributed by atoms with E-state index in [2.05, 4.69) is 0 Å². The van der Waals surface area contributed by atoms with Crippen LogP contribution in [0.4, 0.5) is 0 Å². The van der Waals surface area contributed by atoms with Gasteiger partial charge in [0.2, 0.25) is 0 Å². The van der Waals surface area contributed by atoms with Gasteiger partial charge in [0, 0.05) is 31.1 Å². The molecule has 0 unspecified atom stereocenters. The zero-order chi connectivity index (χ0) is 3.58. The molecule has 6 nitrogen and oxygen atoms in total. The van der Waals surface area contributed by atoms with Crippen molar-refractivity contribution in [1.29, 1.82) is 0 Å². The fourth-order valence-electron chi connectivity index (χ4n) is 0. The molecule has 7 heteroatoms. The zero-order valence-electron chi connectivity index (χ0n) is 3.21. The molecular weight excluding hydrogens is 332 g/mol. The van der Waals surface area contributed by atoms with Gasteiger partial charge >= 0.3 is 0 Å². The van der Waals surface area contributed by atoms with Crippen LogP contribution >= 0.6 is 0 Å². The molecule has 0 aromatic carbocycles. The number of hydrogen-bond acceptors (Lipinski definition) is 2. The molecule has 5 N–H and O–H groups in total. The van der Waals surface area contributed by atoms with Gasteiger partial charge in [0.1, 0.15) is 0 Å². The SMILES string of the molecule is O.O.O=[N+]([O-])O.[U]. The molecule has 0 saturated heterocycles. The largest absolute Gasteiger partial charge is 0.412 e. The first-order valence-electron chi connectivity index (χ1n) is 0.565. The van der Waals surface area contributed by atoms with E-state index in [1.54, 1.807) is 0 Å². The summed E-state index contributed by atoms with van der Waals surface area (Å²) in [6.07, 6.45) is 0. The maximum Gasteiger partial charge on any atom is 0.291 e. The van der Waals surface area contributed by atoms with Crippen LogP contribution < -0.4 is 0 Å². The predicted octanol–water partition coefficient (Wildman–Crippen LogP) is -2.00. The van der Waals surface area contributed by atoms with E-state index in [0.29, 0.717) is 0 Å². The Hall–Kier alpha value is 0.172. The van der Waals surface area contributed by atoms with E-state index >= 15 is 0 Å². The average molecular weight is 337 g/mol. The Kier molecular flexibility index (Phi) is 63.7. The first kappa shape index (κ1) is 27.2. The van der Waals surface area contributed by atoms with Crippen LogP contribution in [0.15, 0.2) is 0 Å². The molecule has 0 aromatic rings. The van der Waals surface area contributed by atoms with Gasteiger partial charge in [0.05, 0.1) is 0 Å². The molecule has 0 aliphatic heterocycles. The van der Waals surface area contributed by atoms with Crippen molar-refractivity contribution < 1.29 is 52.4 Å². The van der Waals surface area contributed by atoms with Gasteiger partial charge in [-0.2, -0.15) is 0 Å².